The first-order valence-electron chi connectivity index (χ1n) is 12.8. The Balaban J connectivity index is 1.36. The second kappa shape index (κ2) is 12.4. The van der Waals surface area contributed by atoms with Crippen LogP contribution in [0.4, 0.5) is 0 Å². The van der Waals surface area contributed by atoms with E-state index in [2.05, 4.69) is 26.6 Å². The van der Waals surface area contributed by atoms with Crippen molar-refractivity contribution in [3.8, 4) is 11.8 Å². The molecule has 3 heterocycles. The molecule has 2 amide bonds. The van der Waals surface area contributed by atoms with E-state index in [0.717, 1.165) is 49.3 Å². The molecule has 2 unspecified atom stereocenters. The van der Waals surface area contributed by atoms with E-state index >= 15 is 0 Å². The molecule has 2 aromatic rings. The largest absolute Gasteiger partial charge is 0.352 e. The average molecular weight is 510 g/mol. The molecule has 2 aliphatic heterocycles. The number of amides is 2. The number of hydrogen-bond acceptors (Lipinski definition) is 7. The highest BCUT2D eigenvalue weighted by Crippen LogP contribution is 2.24. The molecule has 1 N–H and O–H groups in total. The predicted molar refractivity (Wildman–Crippen MR) is 139 cm³/mol. The zero-order valence-corrected chi connectivity index (χ0v) is 21.9. The fourth-order valence-corrected chi connectivity index (χ4v) is 5.80. The van der Waals surface area contributed by atoms with E-state index in [-0.39, 0.29) is 23.8 Å². The number of aromatic nitrogens is 3. The number of nitrogens with one attached hydrogen (secondary N) is 1. The van der Waals surface area contributed by atoms with Crippen molar-refractivity contribution in [2.24, 2.45) is 5.92 Å². The van der Waals surface area contributed by atoms with E-state index < -0.39 is 6.04 Å². The molecule has 2 fully saturated rings. The van der Waals surface area contributed by atoms with Gasteiger partial charge in [0, 0.05) is 30.7 Å². The van der Waals surface area contributed by atoms with Gasteiger partial charge in [-0.1, -0.05) is 30.3 Å². The van der Waals surface area contributed by atoms with E-state index in [4.69, 9.17) is 5.26 Å². The quantitative estimate of drug-likeness (QED) is 0.554. The van der Waals surface area contributed by atoms with Gasteiger partial charge in [0.15, 0.2) is 0 Å². The summed E-state index contributed by atoms with van der Waals surface area (Å²) < 4.78 is 1.78. The lowest BCUT2D eigenvalue weighted by atomic mass is 9.98. The van der Waals surface area contributed by atoms with Crippen LogP contribution in [0.2, 0.25) is 0 Å². The van der Waals surface area contributed by atoms with Gasteiger partial charge >= 0.3 is 0 Å². The number of likely N-dealkylation sites (tertiary alicyclic amines) is 1. The molecule has 2 saturated heterocycles. The highest BCUT2D eigenvalue weighted by atomic mass is 32.2. The summed E-state index contributed by atoms with van der Waals surface area (Å²) in [6.07, 6.45) is 5.50. The normalized spacial score (nSPS) is 19.7. The number of rotatable bonds is 9. The first-order valence-corrected chi connectivity index (χ1v) is 13.9. The minimum atomic E-state index is -0.400. The van der Waals surface area contributed by atoms with Crippen molar-refractivity contribution in [2.75, 3.05) is 24.7 Å². The molecule has 1 aromatic carbocycles. The van der Waals surface area contributed by atoms with Crippen molar-refractivity contribution in [2.45, 2.75) is 64.6 Å². The van der Waals surface area contributed by atoms with Gasteiger partial charge in [0.2, 0.25) is 11.8 Å². The number of thioether (sulfide) groups is 1. The minimum absolute atomic E-state index is 0.000782. The van der Waals surface area contributed by atoms with Crippen LogP contribution in [0.15, 0.2) is 30.5 Å². The highest BCUT2D eigenvalue weighted by molar-refractivity contribution is 7.99. The summed E-state index contributed by atoms with van der Waals surface area (Å²) in [5, 5.41) is 20.8. The summed E-state index contributed by atoms with van der Waals surface area (Å²) in [5.41, 5.74) is 2.82. The number of hydrogen-bond donors (Lipinski definition) is 1. The average Bonchev–Trinajstić information content (AvgIpc) is 3.58. The Morgan fingerprint density at radius 1 is 1.28 bits per heavy atom. The van der Waals surface area contributed by atoms with Crippen LogP contribution in [0.5, 0.6) is 0 Å². The van der Waals surface area contributed by atoms with Crippen LogP contribution in [0.3, 0.4) is 0 Å². The van der Waals surface area contributed by atoms with Gasteiger partial charge < -0.3 is 10.2 Å². The summed E-state index contributed by atoms with van der Waals surface area (Å²) >= 11 is 1.62. The van der Waals surface area contributed by atoms with Crippen LogP contribution in [0, 0.1) is 17.2 Å². The molecule has 10 heteroatoms. The second-order valence-corrected chi connectivity index (χ2v) is 10.7. The summed E-state index contributed by atoms with van der Waals surface area (Å²) in [6, 6.07) is 10.0. The van der Waals surface area contributed by atoms with Crippen molar-refractivity contribution in [3.05, 3.63) is 41.7 Å². The fraction of sp³-hybridized carbons (Fsp3) is 0.577. The summed E-state index contributed by atoms with van der Waals surface area (Å²) in [5.74, 6) is 1.29. The van der Waals surface area contributed by atoms with Crippen molar-refractivity contribution in [1.82, 2.24) is 30.1 Å². The predicted octanol–water partition coefficient (Wildman–Crippen LogP) is 2.75. The molecule has 192 valence electrons. The Morgan fingerprint density at radius 2 is 2.06 bits per heavy atom. The van der Waals surface area contributed by atoms with Crippen LogP contribution in [0.1, 0.15) is 50.8 Å². The third kappa shape index (κ3) is 6.45. The number of aryl methyl sites for hydroxylation is 1. The first kappa shape index (κ1) is 26.2. The third-order valence-electron chi connectivity index (χ3n) is 7.05. The van der Waals surface area contributed by atoms with Gasteiger partial charge in [0.05, 0.1) is 29.5 Å². The number of benzene rings is 1. The standard InChI is InChI=1S/C26H35N7O2S/c1-3-19(2)28-26(35)24-17-36-18-32(24)25(34)9-8-21-6-4-5-7-23(21)33-16-22(29-30-33)15-31-12-10-20(14-27)11-13-31/h4-7,16,19-20,24H,3,8-13,15,17-18H2,1-2H3,(H,28,35). The monoisotopic (exact) mass is 509 g/mol. The topological polar surface area (TPSA) is 107 Å². The van der Waals surface area contributed by atoms with E-state index in [0.29, 0.717) is 31.0 Å². The summed E-state index contributed by atoms with van der Waals surface area (Å²) in [7, 11) is 0. The minimum Gasteiger partial charge on any atom is -0.352 e. The van der Waals surface area contributed by atoms with Crippen molar-refractivity contribution >= 4 is 23.6 Å². The van der Waals surface area contributed by atoms with Crippen LogP contribution in [-0.4, -0.2) is 73.4 Å². The van der Waals surface area contributed by atoms with Crippen LogP contribution in [0.25, 0.3) is 5.69 Å². The Morgan fingerprint density at radius 3 is 2.81 bits per heavy atom. The Kier molecular flexibility index (Phi) is 8.99. The zero-order chi connectivity index (χ0) is 25.5. The second-order valence-electron chi connectivity index (χ2n) is 9.66. The molecule has 2 atom stereocenters. The Hall–Kier alpha value is -2.90. The number of carbonyl (C=O) groups is 2. The lowest BCUT2D eigenvalue weighted by molar-refractivity contribution is -0.138. The zero-order valence-electron chi connectivity index (χ0n) is 21.1. The molecule has 0 saturated carbocycles. The van der Waals surface area contributed by atoms with Crippen LogP contribution < -0.4 is 5.32 Å². The number of nitriles is 1. The SMILES string of the molecule is CCC(C)NC(=O)C1CSCN1C(=O)CCc1ccccc1-n1cc(CN2CCC(C#N)CC2)nn1. The van der Waals surface area contributed by atoms with Gasteiger partial charge in [-0.05, 0) is 57.3 Å². The molecular weight excluding hydrogens is 474 g/mol. The Bertz CT molecular complexity index is 1090. The van der Waals surface area contributed by atoms with Crippen LogP contribution in [-0.2, 0) is 22.6 Å². The van der Waals surface area contributed by atoms with Gasteiger partial charge in [-0.15, -0.1) is 16.9 Å². The van der Waals surface area contributed by atoms with E-state index in [9.17, 15) is 9.59 Å². The van der Waals surface area contributed by atoms with Gasteiger partial charge in [0.25, 0.3) is 0 Å². The molecule has 0 spiro atoms. The van der Waals surface area contributed by atoms with Crippen LogP contribution >= 0.6 is 11.8 Å². The summed E-state index contributed by atoms with van der Waals surface area (Å²) in [6.45, 7) is 6.52. The number of piperidine rings is 1. The van der Waals surface area contributed by atoms with Gasteiger partial charge in [0.1, 0.15) is 6.04 Å². The number of nitrogens with zero attached hydrogens (tertiary/aromatic N) is 6. The van der Waals surface area contributed by atoms with E-state index in [1.807, 2.05) is 44.3 Å². The third-order valence-corrected chi connectivity index (χ3v) is 8.06. The molecular formula is C26H35N7O2S. The Labute approximate surface area is 217 Å². The molecule has 1 aromatic heterocycles. The van der Waals surface area contributed by atoms with E-state index in [1.165, 1.54) is 0 Å². The maximum absolute atomic E-state index is 13.1. The van der Waals surface area contributed by atoms with Crippen molar-refractivity contribution in [3.63, 3.8) is 0 Å². The smallest absolute Gasteiger partial charge is 0.243 e. The van der Waals surface area contributed by atoms with Crippen molar-refractivity contribution in [1.29, 1.82) is 5.26 Å². The fourth-order valence-electron chi connectivity index (χ4n) is 4.62. The molecule has 36 heavy (non-hydrogen) atoms. The lowest BCUT2D eigenvalue weighted by Gasteiger charge is -2.27. The molecule has 4 rings (SSSR count). The summed E-state index contributed by atoms with van der Waals surface area (Å²) in [4.78, 5) is 29.8. The number of para-hydroxylation sites is 1. The molecule has 0 radical (unpaired) electrons. The van der Waals surface area contributed by atoms with E-state index in [1.54, 1.807) is 21.3 Å². The van der Waals surface area contributed by atoms with Crippen molar-refractivity contribution < 1.29 is 9.59 Å². The molecule has 9 nitrogen and oxygen atoms in total. The lowest BCUT2D eigenvalue weighted by Crippen LogP contribution is -2.49. The first-order chi connectivity index (χ1) is 17.5. The molecule has 2 aliphatic rings. The maximum Gasteiger partial charge on any atom is 0.243 e. The van der Waals surface area contributed by atoms with Gasteiger partial charge in [-0.25, -0.2) is 4.68 Å². The van der Waals surface area contributed by atoms with Gasteiger partial charge in [-0.3, -0.25) is 14.5 Å². The maximum atomic E-state index is 13.1. The highest BCUT2D eigenvalue weighted by Gasteiger charge is 2.34. The number of carbonyl (C=O) groups excluding carboxylic acids is 2. The molecule has 0 bridgehead atoms. The molecule has 0 aliphatic carbocycles. The van der Waals surface area contributed by atoms with Gasteiger partial charge in [-0.2, -0.15) is 5.26 Å².